The van der Waals surface area contributed by atoms with Crippen LogP contribution in [0, 0.1) is 0 Å². The third kappa shape index (κ3) is 3.76. The van der Waals surface area contributed by atoms with Gasteiger partial charge < -0.3 is 14.9 Å². The molecule has 0 aromatic carbocycles. The molecular formula is C24H27ClN6O3. The van der Waals surface area contributed by atoms with E-state index in [-0.39, 0.29) is 36.2 Å². The monoisotopic (exact) mass is 482 g/mol. The number of nitrogens with zero attached hydrogens (tertiary/aromatic N) is 5. The normalized spacial score (nSPS) is 23.6. The highest BCUT2D eigenvalue weighted by atomic mass is 35.5. The Balaban J connectivity index is 1.28. The second-order valence-corrected chi connectivity index (χ2v) is 10.0. The van der Waals surface area contributed by atoms with Gasteiger partial charge in [0.2, 0.25) is 5.91 Å². The Morgan fingerprint density at radius 3 is 2.59 bits per heavy atom. The molecule has 9 nitrogen and oxygen atoms in total. The molecule has 3 aliphatic rings. The lowest BCUT2D eigenvalue weighted by atomic mass is 9.91. The predicted molar refractivity (Wildman–Crippen MR) is 126 cm³/mol. The van der Waals surface area contributed by atoms with Crippen molar-refractivity contribution in [2.45, 2.75) is 56.6 Å². The first-order valence-corrected chi connectivity index (χ1v) is 12.4. The molecule has 2 aliphatic carbocycles. The third-order valence-electron chi connectivity index (χ3n) is 7.39. The Bertz CT molecular complexity index is 1240. The van der Waals surface area contributed by atoms with Gasteiger partial charge in [-0.1, -0.05) is 11.6 Å². The predicted octanol–water partition coefficient (Wildman–Crippen LogP) is 2.84. The van der Waals surface area contributed by atoms with Crippen molar-refractivity contribution in [1.82, 2.24) is 29.6 Å². The number of amides is 2. The largest absolute Gasteiger partial charge is 0.393 e. The van der Waals surface area contributed by atoms with Crippen LogP contribution in [-0.4, -0.2) is 78.3 Å². The fourth-order valence-corrected chi connectivity index (χ4v) is 5.54. The molecule has 0 atom stereocenters. The molecule has 0 unspecified atom stereocenters. The highest BCUT2D eigenvalue weighted by Crippen LogP contribution is 2.42. The van der Waals surface area contributed by atoms with Crippen LogP contribution in [0.4, 0.5) is 0 Å². The van der Waals surface area contributed by atoms with Crippen molar-refractivity contribution >= 4 is 28.9 Å². The van der Waals surface area contributed by atoms with Gasteiger partial charge in [-0.3, -0.25) is 14.7 Å². The van der Waals surface area contributed by atoms with Crippen molar-refractivity contribution in [3.05, 3.63) is 40.8 Å². The molecule has 34 heavy (non-hydrogen) atoms. The molecule has 2 N–H and O–H groups in total. The Hall–Kier alpha value is -2.91. The quantitative estimate of drug-likeness (QED) is 0.594. The van der Waals surface area contributed by atoms with Gasteiger partial charge in [0.1, 0.15) is 6.54 Å². The maximum Gasteiger partial charge on any atom is 0.276 e. The number of aromatic amines is 1. The molecule has 10 heteroatoms. The van der Waals surface area contributed by atoms with Gasteiger partial charge >= 0.3 is 0 Å². The Morgan fingerprint density at radius 1 is 1.12 bits per heavy atom. The third-order valence-corrected chi connectivity index (χ3v) is 7.77. The number of nitrogens with one attached hydrogen (secondary N) is 1. The van der Waals surface area contributed by atoms with Crippen LogP contribution in [-0.2, 0) is 4.79 Å². The summed E-state index contributed by atoms with van der Waals surface area (Å²) in [6, 6.07) is 4.26. The highest BCUT2D eigenvalue weighted by molar-refractivity contribution is 6.37. The number of carbonyl (C=O) groups excluding carboxylic acids is 2. The number of hydrogen-bond acceptors (Lipinski definition) is 5. The number of aliphatic hydroxyl groups excluding tert-OH is 1. The number of halogens is 1. The first-order valence-electron chi connectivity index (χ1n) is 12.0. The molecule has 0 radical (unpaired) electrons. The fraction of sp³-hybridized carbons (Fsp3) is 0.500. The van der Waals surface area contributed by atoms with Crippen LogP contribution in [0.15, 0.2) is 24.5 Å². The van der Waals surface area contributed by atoms with Crippen molar-refractivity contribution in [3.8, 4) is 11.3 Å². The Labute approximate surface area is 201 Å². The number of aliphatic hydroxyl groups is 1. The van der Waals surface area contributed by atoms with Crippen LogP contribution in [0.25, 0.3) is 16.8 Å². The number of piperazine rings is 1. The van der Waals surface area contributed by atoms with E-state index in [0.29, 0.717) is 29.5 Å². The number of pyridine rings is 1. The number of hydrogen-bond donors (Lipinski definition) is 2. The summed E-state index contributed by atoms with van der Waals surface area (Å²) in [7, 11) is 0. The number of H-pyrrole nitrogens is 1. The van der Waals surface area contributed by atoms with Gasteiger partial charge in [-0.05, 0) is 62.1 Å². The maximum absolute atomic E-state index is 13.4. The van der Waals surface area contributed by atoms with Gasteiger partial charge in [0, 0.05) is 30.9 Å². The van der Waals surface area contributed by atoms with Crippen LogP contribution in [0.5, 0.6) is 0 Å². The van der Waals surface area contributed by atoms with Crippen molar-refractivity contribution in [3.63, 3.8) is 0 Å². The summed E-state index contributed by atoms with van der Waals surface area (Å²) in [6.07, 6.45) is 8.59. The van der Waals surface area contributed by atoms with Crippen molar-refractivity contribution in [2.24, 2.45) is 0 Å². The topological polar surface area (TPSA) is 107 Å². The van der Waals surface area contributed by atoms with Gasteiger partial charge in [-0.2, -0.15) is 10.2 Å². The minimum absolute atomic E-state index is 0.0179. The lowest BCUT2D eigenvalue weighted by molar-refractivity contribution is -0.138. The zero-order chi connectivity index (χ0) is 23.4. The van der Waals surface area contributed by atoms with E-state index in [1.165, 1.54) is 5.56 Å². The van der Waals surface area contributed by atoms with Crippen LogP contribution in [0.1, 0.15) is 60.5 Å². The Morgan fingerprint density at radius 2 is 1.91 bits per heavy atom. The zero-order valence-corrected chi connectivity index (χ0v) is 19.5. The molecule has 0 spiro atoms. The number of fused-ring (bicyclic) bond motifs is 1. The summed E-state index contributed by atoms with van der Waals surface area (Å²) < 4.78 is 1.71. The van der Waals surface area contributed by atoms with E-state index < -0.39 is 0 Å². The molecule has 3 fully saturated rings. The highest BCUT2D eigenvalue weighted by Gasteiger charge is 2.35. The number of aromatic nitrogens is 4. The maximum atomic E-state index is 13.4. The molecule has 178 valence electrons. The lowest BCUT2D eigenvalue weighted by Crippen LogP contribution is -2.56. The molecule has 3 aromatic rings. The van der Waals surface area contributed by atoms with Crippen molar-refractivity contribution < 1.29 is 14.7 Å². The first kappa shape index (κ1) is 21.6. The molecule has 0 bridgehead atoms. The minimum Gasteiger partial charge on any atom is -0.393 e. The molecule has 1 saturated heterocycles. The average Bonchev–Trinajstić information content (AvgIpc) is 3.45. The zero-order valence-electron chi connectivity index (χ0n) is 18.8. The summed E-state index contributed by atoms with van der Waals surface area (Å²) in [5, 5.41) is 21.6. The standard InChI is InChI=1S/C24H27ClN6O3/c25-22-20-10-15(14-1-2-14)9-19(16-11-26-27-12-16)31(20)28-23(22)24(34)29-7-8-30(21(33)13-29)17-3-5-18(32)6-4-17/h9-12,14,17-18,32H,1-8,13H2,(H,26,27). The van der Waals surface area contributed by atoms with E-state index in [4.69, 9.17) is 11.6 Å². The SMILES string of the molecule is O=C(c1nn2c(-c3cn[nH]c3)cc(C3CC3)cc2c1Cl)N1CCN(C2CCC(O)CC2)C(=O)C1. The van der Waals surface area contributed by atoms with Crippen LogP contribution < -0.4 is 0 Å². The van der Waals surface area contributed by atoms with E-state index in [1.807, 2.05) is 11.0 Å². The van der Waals surface area contributed by atoms with E-state index in [9.17, 15) is 14.7 Å². The molecule has 6 rings (SSSR count). The van der Waals surface area contributed by atoms with Crippen LogP contribution in [0.2, 0.25) is 5.02 Å². The molecular weight excluding hydrogens is 456 g/mol. The van der Waals surface area contributed by atoms with E-state index in [2.05, 4.69) is 21.4 Å². The smallest absolute Gasteiger partial charge is 0.276 e. The number of rotatable bonds is 4. The summed E-state index contributed by atoms with van der Waals surface area (Å²) >= 11 is 6.73. The number of carbonyl (C=O) groups is 2. The summed E-state index contributed by atoms with van der Waals surface area (Å²) in [5.41, 5.74) is 3.74. The van der Waals surface area contributed by atoms with Gasteiger partial charge in [0.15, 0.2) is 5.69 Å². The summed E-state index contributed by atoms with van der Waals surface area (Å²) in [4.78, 5) is 29.8. The molecule has 2 amide bonds. The first-order chi connectivity index (χ1) is 16.5. The van der Waals surface area contributed by atoms with Crippen molar-refractivity contribution in [1.29, 1.82) is 0 Å². The van der Waals surface area contributed by atoms with Gasteiger partial charge in [0.05, 0.1) is 28.5 Å². The van der Waals surface area contributed by atoms with E-state index >= 15 is 0 Å². The average molecular weight is 483 g/mol. The van der Waals surface area contributed by atoms with Crippen LogP contribution in [0.3, 0.4) is 0 Å². The van der Waals surface area contributed by atoms with Gasteiger partial charge in [-0.15, -0.1) is 0 Å². The minimum atomic E-state index is -0.327. The van der Waals surface area contributed by atoms with E-state index in [1.54, 1.807) is 21.8 Å². The Kier molecular flexibility index (Phi) is 5.33. The second-order valence-electron chi connectivity index (χ2n) is 9.67. The molecule has 4 heterocycles. The molecule has 2 saturated carbocycles. The fourth-order valence-electron chi connectivity index (χ4n) is 5.29. The molecule has 3 aromatic heterocycles. The van der Waals surface area contributed by atoms with Crippen LogP contribution >= 0.6 is 11.6 Å². The van der Waals surface area contributed by atoms with Gasteiger partial charge in [0.25, 0.3) is 5.91 Å². The lowest BCUT2D eigenvalue weighted by Gasteiger charge is -2.41. The van der Waals surface area contributed by atoms with Crippen molar-refractivity contribution in [2.75, 3.05) is 19.6 Å². The summed E-state index contributed by atoms with van der Waals surface area (Å²) in [5.74, 6) is 0.121. The second kappa shape index (κ2) is 8.39. The summed E-state index contributed by atoms with van der Waals surface area (Å²) in [6.45, 7) is 0.947. The van der Waals surface area contributed by atoms with Gasteiger partial charge in [-0.25, -0.2) is 4.52 Å². The van der Waals surface area contributed by atoms with E-state index in [0.717, 1.165) is 49.8 Å². The molecule has 1 aliphatic heterocycles.